The second-order valence-corrected chi connectivity index (χ2v) is 9.75. The molecule has 1 aromatic heterocycles. The van der Waals surface area contributed by atoms with Gasteiger partial charge in [-0.25, -0.2) is 13.4 Å². The van der Waals surface area contributed by atoms with Gasteiger partial charge in [0.2, 0.25) is 10.0 Å². The first kappa shape index (κ1) is 26.0. The molecule has 192 valence electrons. The normalized spacial score (nSPS) is 12.2. The molecule has 4 aromatic rings. The Kier molecular flexibility index (Phi) is 6.84. The van der Waals surface area contributed by atoms with Gasteiger partial charge >= 0.3 is 12.1 Å². The predicted octanol–water partition coefficient (Wildman–Crippen LogP) is 5.58. The lowest BCUT2D eigenvalue weighted by Gasteiger charge is -2.19. The minimum Gasteiger partial charge on any atom is -0.487 e. The summed E-state index contributed by atoms with van der Waals surface area (Å²) in [7, 11) is -3.47. The third-order valence-electron chi connectivity index (χ3n) is 5.03. The highest BCUT2D eigenvalue weighted by molar-refractivity contribution is 7.92. The topological polar surface area (TPSA) is 84.1 Å². The van der Waals surface area contributed by atoms with Crippen molar-refractivity contribution in [3.8, 4) is 28.7 Å². The Balaban J connectivity index is 1.51. The van der Waals surface area contributed by atoms with Gasteiger partial charge in [-0.05, 0) is 53.9 Å². The molecule has 37 heavy (non-hydrogen) atoms. The van der Waals surface area contributed by atoms with E-state index in [4.69, 9.17) is 0 Å². The largest absolute Gasteiger partial charge is 0.487 e. The molecule has 0 spiro atoms. The van der Waals surface area contributed by atoms with Crippen molar-refractivity contribution < 1.29 is 35.1 Å². The van der Waals surface area contributed by atoms with Crippen LogP contribution in [0.4, 0.5) is 27.6 Å². The fraction of sp³-hybridized carbons (Fsp3) is 0.160. The molecule has 3 aromatic carbocycles. The minimum atomic E-state index is -5.69. The molecule has 2 N–H and O–H groups in total. The van der Waals surface area contributed by atoms with Crippen molar-refractivity contribution in [1.82, 2.24) is 9.97 Å². The molecule has 0 saturated heterocycles. The molecule has 12 heteroatoms. The van der Waals surface area contributed by atoms with Crippen molar-refractivity contribution in [2.24, 2.45) is 0 Å². The molecule has 4 rings (SSSR count). The summed E-state index contributed by atoms with van der Waals surface area (Å²) in [6.07, 6.45) is -4.62. The van der Waals surface area contributed by atoms with Gasteiger partial charge in [-0.15, -0.1) is 0 Å². The van der Waals surface area contributed by atoms with Crippen LogP contribution in [0.15, 0.2) is 66.7 Å². The molecule has 0 aliphatic carbocycles. The lowest BCUT2D eigenvalue weighted by Crippen LogP contribution is -2.41. The molecule has 1 heterocycles. The summed E-state index contributed by atoms with van der Waals surface area (Å²) in [6, 6.07) is 17.6. The van der Waals surface area contributed by atoms with Gasteiger partial charge in [0.1, 0.15) is 5.75 Å². The van der Waals surface area contributed by atoms with Crippen LogP contribution in [0.1, 0.15) is 11.4 Å². The van der Waals surface area contributed by atoms with Gasteiger partial charge in [0.15, 0.2) is 12.4 Å². The van der Waals surface area contributed by atoms with Crippen molar-refractivity contribution >= 4 is 26.7 Å². The number of rotatable bonds is 6. The number of ether oxygens (including phenoxy) is 1. The van der Waals surface area contributed by atoms with Gasteiger partial charge in [-0.1, -0.05) is 30.2 Å². The average Bonchev–Trinajstić information content (AvgIpc) is 3.23. The zero-order valence-corrected chi connectivity index (χ0v) is 19.8. The Labute approximate surface area is 208 Å². The highest BCUT2D eigenvalue weighted by atomic mass is 32.2. The number of anilines is 1. The number of halogens is 5. The fourth-order valence-corrected chi connectivity index (χ4v) is 3.86. The lowest BCUT2D eigenvalue weighted by atomic mass is 10.0. The summed E-state index contributed by atoms with van der Waals surface area (Å²) in [5.74, 6) is 0.870. The smallest absolute Gasteiger partial charge is 0.456 e. The highest BCUT2D eigenvalue weighted by Crippen LogP contribution is 2.35. The number of H-pyrrole nitrogens is 1. The maximum absolute atomic E-state index is 13.0. The van der Waals surface area contributed by atoms with Gasteiger partial charge in [-0.2, -0.15) is 22.0 Å². The first-order valence-corrected chi connectivity index (χ1v) is 12.5. The average molecular weight is 535 g/mol. The van der Waals surface area contributed by atoms with Crippen LogP contribution in [0.2, 0.25) is 0 Å². The molecule has 0 aliphatic heterocycles. The van der Waals surface area contributed by atoms with Crippen LogP contribution < -0.4 is 9.46 Å². The van der Waals surface area contributed by atoms with Crippen molar-refractivity contribution in [2.75, 3.05) is 17.6 Å². The Bertz CT molecular complexity index is 1600. The second kappa shape index (κ2) is 9.74. The van der Waals surface area contributed by atoms with E-state index in [0.29, 0.717) is 33.7 Å². The fourth-order valence-electron chi connectivity index (χ4n) is 3.28. The third kappa shape index (κ3) is 6.37. The van der Waals surface area contributed by atoms with Crippen molar-refractivity contribution in [2.45, 2.75) is 12.1 Å². The zero-order valence-electron chi connectivity index (χ0n) is 19.0. The van der Waals surface area contributed by atoms with Crippen LogP contribution in [-0.4, -0.2) is 43.3 Å². The second-order valence-electron chi connectivity index (χ2n) is 8.00. The maximum Gasteiger partial charge on any atom is 0.456 e. The molecule has 0 saturated carbocycles. The van der Waals surface area contributed by atoms with Crippen LogP contribution in [0.3, 0.4) is 0 Å². The van der Waals surface area contributed by atoms with Crippen LogP contribution in [0, 0.1) is 11.8 Å². The van der Waals surface area contributed by atoms with E-state index in [-0.39, 0.29) is 5.75 Å². The zero-order chi connectivity index (χ0) is 26.8. The summed E-state index contributed by atoms with van der Waals surface area (Å²) < 4.78 is 93.1. The monoisotopic (exact) mass is 535 g/mol. The first-order valence-electron chi connectivity index (χ1n) is 10.6. The Morgan fingerprint density at radius 2 is 1.68 bits per heavy atom. The minimum absolute atomic E-state index is 0.156. The Morgan fingerprint density at radius 3 is 2.35 bits per heavy atom. The van der Waals surface area contributed by atoms with Gasteiger partial charge in [0, 0.05) is 11.1 Å². The van der Waals surface area contributed by atoms with Gasteiger partial charge in [0.05, 0.1) is 23.0 Å². The van der Waals surface area contributed by atoms with Crippen LogP contribution in [-0.2, 0) is 10.0 Å². The van der Waals surface area contributed by atoms with Crippen molar-refractivity contribution in [1.29, 1.82) is 0 Å². The van der Waals surface area contributed by atoms with Gasteiger partial charge < -0.3 is 9.72 Å². The van der Waals surface area contributed by atoms with E-state index in [1.165, 1.54) is 24.3 Å². The van der Waals surface area contributed by atoms with E-state index in [1.54, 1.807) is 36.4 Å². The van der Waals surface area contributed by atoms with Gasteiger partial charge in [0.25, 0.3) is 0 Å². The quantitative estimate of drug-likeness (QED) is 0.250. The number of aromatic nitrogens is 2. The number of para-hydroxylation sites is 1. The number of nitrogens with one attached hydrogen (secondary N) is 2. The van der Waals surface area contributed by atoms with Crippen LogP contribution >= 0.6 is 0 Å². The summed E-state index contributed by atoms with van der Waals surface area (Å²) in [4.78, 5) is 7.48. The number of imidazole rings is 1. The van der Waals surface area contributed by atoms with Crippen molar-refractivity contribution in [3.05, 3.63) is 78.1 Å². The van der Waals surface area contributed by atoms with E-state index in [0.717, 1.165) is 11.8 Å². The number of alkyl halides is 5. The molecule has 0 aliphatic rings. The first-order chi connectivity index (χ1) is 17.3. The molecule has 0 bridgehead atoms. The molecule has 0 amide bonds. The number of aromatic amines is 1. The van der Waals surface area contributed by atoms with E-state index in [1.807, 2.05) is 6.07 Å². The summed E-state index contributed by atoms with van der Waals surface area (Å²) in [5, 5.41) is 0. The molecular formula is C25H18F5N3O3S. The van der Waals surface area contributed by atoms with E-state index >= 15 is 0 Å². The Hall–Kier alpha value is -4.11. The van der Waals surface area contributed by atoms with Crippen molar-refractivity contribution in [3.63, 3.8) is 0 Å². The third-order valence-corrected chi connectivity index (χ3v) is 5.62. The molecule has 0 atom stereocenters. The number of hydrogen-bond acceptors (Lipinski definition) is 4. The maximum atomic E-state index is 13.0. The Morgan fingerprint density at radius 1 is 0.973 bits per heavy atom. The number of hydrogen-bond donors (Lipinski definition) is 2. The number of nitrogens with zero attached hydrogens (tertiary/aromatic N) is 1. The van der Waals surface area contributed by atoms with E-state index in [9.17, 15) is 30.4 Å². The molecule has 0 unspecified atom stereocenters. The number of sulfonamides is 1. The molecule has 0 fully saturated rings. The number of fused-ring (bicyclic) bond motifs is 1. The molecule has 0 radical (unpaired) electrons. The lowest BCUT2D eigenvalue weighted by molar-refractivity contribution is -0.290. The summed E-state index contributed by atoms with van der Waals surface area (Å²) in [5.41, 5.74) is 3.56. The standard InChI is InChI=1S/C25H18F5N3O3S/c1-37(34,35)33-20-5-3-2-4-19(20)17-9-12-21-22(14-17)32-23(31-21)13-8-16-6-10-18(11-7-16)36-15-24(26,27)25(28,29)30/h2-7,9-12,14,33H,15H2,1H3,(H,31,32). The van der Waals surface area contributed by atoms with E-state index < -0.39 is 28.7 Å². The molecular weight excluding hydrogens is 517 g/mol. The highest BCUT2D eigenvalue weighted by Gasteiger charge is 2.58. The van der Waals surface area contributed by atoms with Crippen LogP contribution in [0.5, 0.6) is 5.75 Å². The SMILES string of the molecule is CS(=O)(=O)Nc1ccccc1-c1ccc2[nH]c(C#Cc3ccc(OCC(F)(F)C(F)(F)F)cc3)nc2c1. The summed E-state index contributed by atoms with van der Waals surface area (Å²) >= 11 is 0. The van der Waals surface area contributed by atoms with E-state index in [2.05, 4.69) is 31.3 Å². The van der Waals surface area contributed by atoms with Crippen LogP contribution in [0.25, 0.3) is 22.2 Å². The van der Waals surface area contributed by atoms with Gasteiger partial charge in [-0.3, -0.25) is 4.72 Å². The molecule has 6 nitrogen and oxygen atoms in total. The predicted molar refractivity (Wildman–Crippen MR) is 129 cm³/mol. The number of benzene rings is 3. The summed E-state index contributed by atoms with van der Waals surface area (Å²) in [6.45, 7) is -1.82.